The number of ether oxygens (including phenoxy) is 2. The van der Waals surface area contributed by atoms with Crippen molar-refractivity contribution in [1.82, 2.24) is 0 Å². The van der Waals surface area contributed by atoms with Gasteiger partial charge in [-0.1, -0.05) is 0 Å². The maximum Gasteiger partial charge on any atom is 0.342 e. The summed E-state index contributed by atoms with van der Waals surface area (Å²) in [5.74, 6) is -1.40. The summed E-state index contributed by atoms with van der Waals surface area (Å²) in [4.78, 5) is 21.1. The van der Waals surface area contributed by atoms with E-state index in [4.69, 9.17) is 14.6 Å². The Balaban J connectivity index is 3.33. The molecule has 0 aliphatic heterocycles. The summed E-state index contributed by atoms with van der Waals surface area (Å²) in [5, 5.41) is 29.2. The molecule has 2 atom stereocenters. The Bertz CT molecular complexity index is 527. The minimum atomic E-state index is -1.44. The van der Waals surface area contributed by atoms with E-state index >= 15 is 0 Å². The van der Waals surface area contributed by atoms with Crippen LogP contribution in [0.15, 0.2) is 12.1 Å². The molecule has 1 aromatic carbocycles. The van der Waals surface area contributed by atoms with Crippen molar-refractivity contribution in [3.05, 3.63) is 27.8 Å². The smallest absolute Gasteiger partial charge is 0.342 e. The highest BCUT2D eigenvalue weighted by Crippen LogP contribution is 2.35. The molecule has 0 aliphatic carbocycles. The van der Waals surface area contributed by atoms with Gasteiger partial charge in [-0.2, -0.15) is 0 Å². The van der Waals surface area contributed by atoms with Crippen molar-refractivity contribution >= 4 is 11.7 Å². The van der Waals surface area contributed by atoms with Crippen molar-refractivity contribution in [2.75, 3.05) is 7.11 Å². The summed E-state index contributed by atoms with van der Waals surface area (Å²) in [6.07, 6.45) is -1.45. The number of carboxylic acids is 1. The molecule has 2 unspecified atom stereocenters. The first-order valence-electron chi connectivity index (χ1n) is 5.72. The third-order valence-corrected chi connectivity index (χ3v) is 2.70. The second kappa shape index (κ2) is 6.20. The highest BCUT2D eigenvalue weighted by Gasteiger charge is 2.25. The molecule has 0 fully saturated rings. The molecule has 0 amide bonds. The van der Waals surface area contributed by atoms with Crippen LogP contribution in [-0.4, -0.2) is 40.4 Å². The number of benzene rings is 1. The van der Waals surface area contributed by atoms with E-state index in [2.05, 4.69) is 0 Å². The highest BCUT2D eigenvalue weighted by molar-refractivity contribution is 5.93. The van der Waals surface area contributed by atoms with Gasteiger partial charge in [-0.3, -0.25) is 10.1 Å². The molecule has 1 aromatic rings. The molecule has 0 aliphatic rings. The van der Waals surface area contributed by atoms with E-state index in [1.54, 1.807) is 6.92 Å². The Morgan fingerprint density at radius 1 is 1.35 bits per heavy atom. The van der Waals surface area contributed by atoms with Gasteiger partial charge < -0.3 is 19.7 Å². The zero-order valence-corrected chi connectivity index (χ0v) is 11.2. The van der Waals surface area contributed by atoms with Crippen LogP contribution in [0.2, 0.25) is 0 Å². The zero-order chi connectivity index (χ0) is 15.4. The lowest BCUT2D eigenvalue weighted by Crippen LogP contribution is -2.25. The number of rotatable bonds is 6. The average molecular weight is 285 g/mol. The van der Waals surface area contributed by atoms with E-state index in [-0.39, 0.29) is 11.5 Å². The molecule has 0 saturated heterocycles. The van der Waals surface area contributed by atoms with Gasteiger partial charge in [-0.05, 0) is 13.8 Å². The van der Waals surface area contributed by atoms with Crippen molar-refractivity contribution < 1.29 is 29.4 Å². The largest absolute Gasteiger partial charge is 0.493 e. The topological polar surface area (TPSA) is 119 Å². The van der Waals surface area contributed by atoms with Gasteiger partial charge in [0.25, 0.3) is 5.69 Å². The van der Waals surface area contributed by atoms with Gasteiger partial charge in [0, 0.05) is 6.07 Å². The van der Waals surface area contributed by atoms with E-state index in [0.29, 0.717) is 0 Å². The summed E-state index contributed by atoms with van der Waals surface area (Å²) in [5.41, 5.74) is -1.10. The molecule has 8 nitrogen and oxygen atoms in total. The summed E-state index contributed by atoms with van der Waals surface area (Å²) in [6.45, 7) is 3.07. The second-order valence-electron chi connectivity index (χ2n) is 4.15. The molecule has 0 aromatic heterocycles. The number of aromatic carboxylic acids is 1. The van der Waals surface area contributed by atoms with Crippen molar-refractivity contribution in [3.8, 4) is 11.5 Å². The van der Waals surface area contributed by atoms with Crippen LogP contribution < -0.4 is 9.47 Å². The predicted octanol–water partition coefficient (Wildman–Crippen LogP) is 1.45. The number of carboxylic acid groups (broad SMARTS) is 1. The molecule has 0 bridgehead atoms. The normalized spacial score (nSPS) is 13.4. The van der Waals surface area contributed by atoms with E-state index in [1.165, 1.54) is 14.0 Å². The maximum atomic E-state index is 11.0. The highest BCUT2D eigenvalue weighted by atomic mass is 16.6. The minimum absolute atomic E-state index is 0.00222. The van der Waals surface area contributed by atoms with Crippen LogP contribution in [0.25, 0.3) is 0 Å². The molecule has 0 heterocycles. The Kier molecular flexibility index (Phi) is 4.87. The molecule has 0 spiro atoms. The fourth-order valence-electron chi connectivity index (χ4n) is 1.42. The van der Waals surface area contributed by atoms with Gasteiger partial charge in [0.1, 0.15) is 11.7 Å². The van der Waals surface area contributed by atoms with Gasteiger partial charge in [-0.15, -0.1) is 0 Å². The Morgan fingerprint density at radius 2 is 1.95 bits per heavy atom. The lowest BCUT2D eigenvalue weighted by Gasteiger charge is -2.19. The monoisotopic (exact) mass is 285 g/mol. The fraction of sp³-hybridized carbons (Fsp3) is 0.417. The number of nitrogens with zero attached hydrogens (tertiary/aromatic N) is 1. The zero-order valence-electron chi connectivity index (χ0n) is 11.2. The van der Waals surface area contributed by atoms with Crippen LogP contribution in [0.1, 0.15) is 24.2 Å². The average Bonchev–Trinajstić information content (AvgIpc) is 2.37. The third kappa shape index (κ3) is 3.35. The molecule has 2 N–H and O–H groups in total. The van der Waals surface area contributed by atoms with Crippen LogP contribution in [0.5, 0.6) is 11.5 Å². The Labute approximate surface area is 114 Å². The SMILES string of the molecule is COc1cc(C(=O)O)c([N+](=O)[O-])cc1OC(C)C(C)O. The van der Waals surface area contributed by atoms with Crippen LogP contribution in [0, 0.1) is 10.1 Å². The van der Waals surface area contributed by atoms with E-state index < -0.39 is 34.4 Å². The molecular weight excluding hydrogens is 270 g/mol. The molecule has 1 rings (SSSR count). The van der Waals surface area contributed by atoms with Crippen molar-refractivity contribution in [3.63, 3.8) is 0 Å². The number of aliphatic hydroxyl groups is 1. The Hall–Kier alpha value is -2.35. The van der Waals surface area contributed by atoms with E-state index in [1.807, 2.05) is 0 Å². The first kappa shape index (κ1) is 15.7. The standard InChI is InChI=1S/C12H15NO7/c1-6(14)7(2)20-11-5-9(13(17)18)8(12(15)16)4-10(11)19-3/h4-7,14H,1-3H3,(H,15,16). The van der Waals surface area contributed by atoms with Gasteiger partial charge in [0.05, 0.1) is 24.2 Å². The molecule has 0 radical (unpaired) electrons. The van der Waals surface area contributed by atoms with E-state index in [0.717, 1.165) is 12.1 Å². The minimum Gasteiger partial charge on any atom is -0.493 e. The quantitative estimate of drug-likeness (QED) is 0.599. The number of aliphatic hydroxyl groups excluding tert-OH is 1. The number of nitro benzene ring substituents is 1. The first-order chi connectivity index (χ1) is 9.27. The predicted molar refractivity (Wildman–Crippen MR) is 68.4 cm³/mol. The number of hydrogen-bond acceptors (Lipinski definition) is 6. The Morgan fingerprint density at radius 3 is 2.35 bits per heavy atom. The number of nitro groups is 1. The maximum absolute atomic E-state index is 11.0. The fourth-order valence-corrected chi connectivity index (χ4v) is 1.42. The lowest BCUT2D eigenvalue weighted by atomic mass is 10.1. The van der Waals surface area contributed by atoms with Crippen LogP contribution in [0.3, 0.4) is 0 Å². The van der Waals surface area contributed by atoms with Gasteiger partial charge in [-0.25, -0.2) is 4.79 Å². The summed E-state index contributed by atoms with van der Waals surface area (Å²) in [7, 11) is 1.28. The first-order valence-corrected chi connectivity index (χ1v) is 5.72. The van der Waals surface area contributed by atoms with Crippen LogP contribution in [0.4, 0.5) is 5.69 Å². The second-order valence-corrected chi connectivity index (χ2v) is 4.15. The molecule has 20 heavy (non-hydrogen) atoms. The van der Waals surface area contributed by atoms with Crippen molar-refractivity contribution in [1.29, 1.82) is 0 Å². The molecule has 0 saturated carbocycles. The summed E-state index contributed by atoms with van der Waals surface area (Å²) < 4.78 is 10.3. The summed E-state index contributed by atoms with van der Waals surface area (Å²) >= 11 is 0. The van der Waals surface area contributed by atoms with Crippen molar-refractivity contribution in [2.45, 2.75) is 26.1 Å². The number of carbonyl (C=O) groups is 1. The van der Waals surface area contributed by atoms with Crippen LogP contribution >= 0.6 is 0 Å². The molecule has 8 heteroatoms. The van der Waals surface area contributed by atoms with Gasteiger partial charge in [0.15, 0.2) is 11.5 Å². The third-order valence-electron chi connectivity index (χ3n) is 2.70. The number of methoxy groups -OCH3 is 1. The summed E-state index contributed by atoms with van der Waals surface area (Å²) in [6, 6.07) is 1.99. The lowest BCUT2D eigenvalue weighted by molar-refractivity contribution is -0.385. The van der Waals surface area contributed by atoms with Gasteiger partial charge >= 0.3 is 5.97 Å². The van der Waals surface area contributed by atoms with E-state index in [9.17, 15) is 20.0 Å². The number of hydrogen-bond donors (Lipinski definition) is 2. The molecule has 110 valence electrons. The van der Waals surface area contributed by atoms with Gasteiger partial charge in [0.2, 0.25) is 0 Å². The van der Waals surface area contributed by atoms with Crippen molar-refractivity contribution in [2.24, 2.45) is 0 Å². The molecular formula is C12H15NO7. The van der Waals surface area contributed by atoms with Crippen LogP contribution in [-0.2, 0) is 0 Å².